The van der Waals surface area contributed by atoms with Gasteiger partial charge in [0.1, 0.15) is 0 Å². The van der Waals surface area contributed by atoms with E-state index in [2.05, 4.69) is 104 Å². The van der Waals surface area contributed by atoms with Crippen LogP contribution in [0.25, 0.3) is 27.8 Å². The normalized spacial score (nSPS) is 11.2. The maximum absolute atomic E-state index is 2.38. The topological polar surface area (TPSA) is 8.81 Å². The van der Waals surface area contributed by atoms with Crippen LogP contribution in [0.15, 0.2) is 66.9 Å². The molecule has 124 valence electrons. The minimum absolute atomic E-state index is 1.24. The summed E-state index contributed by atoms with van der Waals surface area (Å²) < 4.78 is 4.57. The van der Waals surface area contributed by atoms with Gasteiger partial charge in [-0.1, -0.05) is 12.1 Å². The third-order valence-corrected chi connectivity index (χ3v) is 5.02. The van der Waals surface area contributed by atoms with Crippen molar-refractivity contribution in [2.24, 2.45) is 7.05 Å². The first-order chi connectivity index (χ1) is 12.1. The lowest BCUT2D eigenvalue weighted by Crippen LogP contribution is -2.36. The lowest BCUT2D eigenvalue weighted by molar-refractivity contribution is -0.574. The maximum Gasteiger partial charge on any atom is 0.218 e. The van der Waals surface area contributed by atoms with Crippen molar-refractivity contribution in [3.05, 3.63) is 83.7 Å². The van der Waals surface area contributed by atoms with Crippen LogP contribution < -0.4 is 4.57 Å². The quantitative estimate of drug-likeness (QED) is 0.456. The van der Waals surface area contributed by atoms with Crippen LogP contribution >= 0.6 is 0 Å². The highest BCUT2D eigenvalue weighted by Crippen LogP contribution is 2.28. The van der Waals surface area contributed by atoms with Crippen LogP contribution in [0.5, 0.6) is 0 Å². The number of benzene rings is 2. The van der Waals surface area contributed by atoms with Crippen LogP contribution in [-0.2, 0) is 7.05 Å². The second-order valence-electron chi connectivity index (χ2n) is 6.83. The second kappa shape index (κ2) is 5.89. The minimum Gasteiger partial charge on any atom is -0.351 e. The fourth-order valence-electron chi connectivity index (χ4n) is 3.71. The monoisotopic (exact) mass is 327 g/mol. The van der Waals surface area contributed by atoms with E-state index in [9.17, 15) is 0 Å². The number of aromatic nitrogens is 2. The Labute approximate surface area is 149 Å². The van der Waals surface area contributed by atoms with E-state index in [0.717, 1.165) is 0 Å². The van der Waals surface area contributed by atoms with E-state index in [0.29, 0.717) is 0 Å². The van der Waals surface area contributed by atoms with E-state index in [4.69, 9.17) is 0 Å². The molecule has 0 N–H and O–H groups in total. The summed E-state index contributed by atoms with van der Waals surface area (Å²) in [4.78, 5) is 0. The van der Waals surface area contributed by atoms with Gasteiger partial charge in [-0.3, -0.25) is 0 Å². The fourth-order valence-corrected chi connectivity index (χ4v) is 3.71. The second-order valence-corrected chi connectivity index (χ2v) is 6.83. The minimum atomic E-state index is 1.24. The Bertz CT molecular complexity index is 1090. The molecule has 0 aliphatic rings. The van der Waals surface area contributed by atoms with Crippen LogP contribution in [-0.4, -0.2) is 4.57 Å². The van der Waals surface area contributed by atoms with Crippen molar-refractivity contribution in [3.63, 3.8) is 0 Å². The Kier molecular flexibility index (Phi) is 3.69. The molecule has 2 heteroatoms. The zero-order chi connectivity index (χ0) is 17.6. The van der Waals surface area contributed by atoms with E-state index in [1.54, 1.807) is 0 Å². The van der Waals surface area contributed by atoms with Gasteiger partial charge in [0.05, 0.1) is 0 Å². The fraction of sp³-hybridized carbons (Fsp3) is 0.174. The first-order valence-corrected chi connectivity index (χ1v) is 8.70. The van der Waals surface area contributed by atoms with Crippen molar-refractivity contribution in [2.75, 3.05) is 0 Å². The number of fused-ring (bicyclic) bond motifs is 1. The zero-order valence-electron chi connectivity index (χ0n) is 15.2. The van der Waals surface area contributed by atoms with Crippen molar-refractivity contribution < 1.29 is 4.57 Å². The number of rotatable bonds is 2. The maximum atomic E-state index is 2.38. The molecule has 2 heterocycles. The summed E-state index contributed by atoms with van der Waals surface area (Å²) in [5.74, 6) is 0. The van der Waals surface area contributed by atoms with Crippen LogP contribution in [0.3, 0.4) is 0 Å². The molecule has 0 aliphatic carbocycles. The predicted molar refractivity (Wildman–Crippen MR) is 104 cm³/mol. The van der Waals surface area contributed by atoms with Crippen LogP contribution in [0.4, 0.5) is 0 Å². The van der Waals surface area contributed by atoms with Gasteiger partial charge in [0.2, 0.25) is 11.2 Å². The van der Waals surface area contributed by atoms with Crippen LogP contribution in [0.1, 0.15) is 16.8 Å². The molecule has 4 rings (SSSR count). The van der Waals surface area contributed by atoms with Crippen molar-refractivity contribution in [2.45, 2.75) is 20.8 Å². The molecular formula is C23H23N2+. The predicted octanol–water partition coefficient (Wildman–Crippen LogP) is 5.05. The average Bonchev–Trinajstić information content (AvgIpc) is 3.03. The van der Waals surface area contributed by atoms with E-state index in [-0.39, 0.29) is 0 Å². The Hall–Kier alpha value is -2.87. The van der Waals surface area contributed by atoms with Crippen molar-refractivity contribution in [1.29, 1.82) is 0 Å². The van der Waals surface area contributed by atoms with E-state index >= 15 is 0 Å². The molecule has 0 unspecified atom stereocenters. The highest BCUT2D eigenvalue weighted by molar-refractivity contribution is 5.76. The largest absolute Gasteiger partial charge is 0.351 e. The SMILES string of the molecule is Cc1cc(-c2cccn2C)c(C)c(-[n+]2c(C)ccc3ccccc32)c1. The summed E-state index contributed by atoms with van der Waals surface area (Å²) in [7, 11) is 2.10. The number of aryl methyl sites for hydroxylation is 3. The highest BCUT2D eigenvalue weighted by Gasteiger charge is 2.21. The summed E-state index contributed by atoms with van der Waals surface area (Å²) in [6, 6.07) is 21.9. The summed E-state index contributed by atoms with van der Waals surface area (Å²) in [6.07, 6.45) is 2.10. The summed E-state index contributed by atoms with van der Waals surface area (Å²) >= 11 is 0. The van der Waals surface area contributed by atoms with Gasteiger partial charge in [0.25, 0.3) is 0 Å². The summed E-state index contributed by atoms with van der Waals surface area (Å²) in [5.41, 5.74) is 8.86. The van der Waals surface area contributed by atoms with Gasteiger partial charge in [0, 0.05) is 60.6 Å². The number of nitrogens with zero attached hydrogens (tertiary/aromatic N) is 2. The van der Waals surface area contributed by atoms with Gasteiger partial charge in [-0.05, 0) is 49.7 Å². The molecule has 0 fully saturated rings. The Morgan fingerprint density at radius 3 is 2.40 bits per heavy atom. The van der Waals surface area contributed by atoms with Crippen molar-refractivity contribution >= 4 is 10.9 Å². The Morgan fingerprint density at radius 2 is 1.64 bits per heavy atom. The molecule has 0 aliphatic heterocycles. The number of pyridine rings is 1. The average molecular weight is 327 g/mol. The standard InChI is InChI=1S/C23H23N2/c1-16-14-20(22-10-7-13-24(22)4)18(3)23(15-16)25-17(2)11-12-19-8-5-6-9-21(19)25/h5-15H,1-4H3/q+1. The number of para-hydroxylation sites is 1. The number of hydrogen-bond donors (Lipinski definition) is 0. The van der Waals surface area contributed by atoms with Crippen molar-refractivity contribution in [1.82, 2.24) is 4.57 Å². The molecule has 2 aromatic heterocycles. The van der Waals surface area contributed by atoms with E-state index in [1.165, 1.54) is 44.7 Å². The molecular weight excluding hydrogens is 304 g/mol. The van der Waals surface area contributed by atoms with Gasteiger partial charge >= 0.3 is 0 Å². The molecule has 0 saturated heterocycles. The molecule has 25 heavy (non-hydrogen) atoms. The van der Waals surface area contributed by atoms with Crippen LogP contribution in [0.2, 0.25) is 0 Å². The van der Waals surface area contributed by atoms with Gasteiger partial charge in [-0.2, -0.15) is 4.57 Å². The first-order valence-electron chi connectivity index (χ1n) is 8.70. The molecule has 0 spiro atoms. The van der Waals surface area contributed by atoms with Crippen molar-refractivity contribution in [3.8, 4) is 16.9 Å². The van der Waals surface area contributed by atoms with Gasteiger partial charge in [0.15, 0.2) is 5.69 Å². The lowest BCUT2D eigenvalue weighted by Gasteiger charge is -2.13. The highest BCUT2D eigenvalue weighted by atomic mass is 15.0. The zero-order valence-corrected chi connectivity index (χ0v) is 15.2. The third kappa shape index (κ3) is 2.54. The van der Waals surface area contributed by atoms with Gasteiger partial charge in [-0.15, -0.1) is 0 Å². The molecule has 0 bridgehead atoms. The molecule has 0 atom stereocenters. The van der Waals surface area contributed by atoms with Gasteiger partial charge in [-0.25, -0.2) is 0 Å². The smallest absolute Gasteiger partial charge is 0.218 e. The van der Waals surface area contributed by atoms with Gasteiger partial charge < -0.3 is 4.57 Å². The van der Waals surface area contributed by atoms with E-state index < -0.39 is 0 Å². The molecule has 0 radical (unpaired) electrons. The third-order valence-electron chi connectivity index (χ3n) is 5.02. The summed E-state index contributed by atoms with van der Waals surface area (Å²) in [6.45, 7) is 6.58. The Balaban J connectivity index is 2.07. The lowest BCUT2D eigenvalue weighted by atomic mass is 9.99. The molecule has 0 amide bonds. The molecule has 4 aromatic rings. The first kappa shape index (κ1) is 15.6. The Morgan fingerprint density at radius 1 is 0.840 bits per heavy atom. The molecule has 2 nitrogen and oxygen atoms in total. The molecule has 0 saturated carbocycles. The van der Waals surface area contributed by atoms with E-state index in [1.807, 2.05) is 0 Å². The number of hydrogen-bond acceptors (Lipinski definition) is 0. The molecule has 2 aromatic carbocycles. The van der Waals surface area contributed by atoms with Crippen LogP contribution in [0, 0.1) is 20.8 Å². The summed E-state index contributed by atoms with van der Waals surface area (Å²) in [5, 5.41) is 1.26.